The number of aromatic nitrogens is 2. The maximum atomic E-state index is 14.2. The molecule has 0 bridgehead atoms. The van der Waals surface area contributed by atoms with E-state index in [4.69, 9.17) is 11.6 Å². The van der Waals surface area contributed by atoms with Crippen LogP contribution in [0.4, 0.5) is 8.78 Å². The van der Waals surface area contributed by atoms with Crippen LogP contribution in [0.25, 0.3) is 11.0 Å². The van der Waals surface area contributed by atoms with Gasteiger partial charge < -0.3 is 4.57 Å². The number of fused-ring (bicyclic) bond motifs is 1. The van der Waals surface area contributed by atoms with Crippen molar-refractivity contribution in [1.29, 1.82) is 0 Å². The third-order valence-corrected chi connectivity index (χ3v) is 3.56. The van der Waals surface area contributed by atoms with Crippen molar-refractivity contribution in [2.24, 2.45) is 0 Å². The van der Waals surface area contributed by atoms with Gasteiger partial charge in [-0.1, -0.05) is 30.3 Å². The molecule has 0 spiro atoms. The summed E-state index contributed by atoms with van der Waals surface area (Å²) in [5.41, 5.74) is 1.53. The standard InChI is InChI=1S/C16H13ClF2N2/c1-10(17)16-20-13-8-7-12(18)14(19)15(13)21(16)9-11-5-3-2-4-6-11/h2-8,10H,9H2,1H3. The zero-order valence-corrected chi connectivity index (χ0v) is 12.1. The number of imidazole rings is 1. The first-order valence-corrected chi connectivity index (χ1v) is 7.03. The summed E-state index contributed by atoms with van der Waals surface area (Å²) < 4.78 is 29.3. The summed E-state index contributed by atoms with van der Waals surface area (Å²) in [5.74, 6) is -1.25. The number of rotatable bonds is 3. The number of hydrogen-bond acceptors (Lipinski definition) is 1. The van der Waals surface area contributed by atoms with Crippen molar-refractivity contribution in [3.63, 3.8) is 0 Å². The highest BCUT2D eigenvalue weighted by molar-refractivity contribution is 6.20. The monoisotopic (exact) mass is 306 g/mol. The van der Waals surface area contributed by atoms with Gasteiger partial charge in [0, 0.05) is 6.54 Å². The average molecular weight is 307 g/mol. The second-order valence-corrected chi connectivity index (χ2v) is 5.54. The minimum atomic E-state index is -0.889. The van der Waals surface area contributed by atoms with E-state index in [0.717, 1.165) is 11.6 Å². The van der Waals surface area contributed by atoms with Crippen LogP contribution < -0.4 is 0 Å². The van der Waals surface area contributed by atoms with Crippen molar-refractivity contribution in [3.05, 3.63) is 65.5 Å². The van der Waals surface area contributed by atoms with Crippen LogP contribution in [-0.2, 0) is 6.54 Å². The van der Waals surface area contributed by atoms with Gasteiger partial charge >= 0.3 is 0 Å². The van der Waals surface area contributed by atoms with Gasteiger partial charge in [0.1, 0.15) is 11.3 Å². The fourth-order valence-corrected chi connectivity index (χ4v) is 2.57. The number of hydrogen-bond donors (Lipinski definition) is 0. The fourth-order valence-electron chi connectivity index (χ4n) is 2.40. The zero-order chi connectivity index (χ0) is 15.0. The molecule has 21 heavy (non-hydrogen) atoms. The molecule has 0 aliphatic carbocycles. The zero-order valence-electron chi connectivity index (χ0n) is 11.4. The molecular formula is C16H13ClF2N2. The molecule has 3 rings (SSSR count). The maximum absolute atomic E-state index is 14.2. The third kappa shape index (κ3) is 2.51. The van der Waals surface area contributed by atoms with Gasteiger partial charge in [0.2, 0.25) is 0 Å². The molecule has 3 aromatic rings. The van der Waals surface area contributed by atoms with Gasteiger partial charge in [0.15, 0.2) is 11.6 Å². The number of benzene rings is 2. The second kappa shape index (κ2) is 5.45. The second-order valence-electron chi connectivity index (χ2n) is 4.89. The molecule has 1 heterocycles. The van der Waals surface area contributed by atoms with Gasteiger partial charge in [-0.3, -0.25) is 0 Å². The Morgan fingerprint density at radius 3 is 2.52 bits per heavy atom. The molecule has 0 saturated carbocycles. The summed E-state index contributed by atoms with van der Waals surface area (Å²) in [4.78, 5) is 4.33. The lowest BCUT2D eigenvalue weighted by Gasteiger charge is -2.11. The largest absolute Gasteiger partial charge is 0.320 e. The van der Waals surface area contributed by atoms with E-state index in [1.54, 1.807) is 11.5 Å². The number of nitrogens with zero attached hydrogens (tertiary/aromatic N) is 2. The van der Waals surface area contributed by atoms with Gasteiger partial charge in [-0.2, -0.15) is 0 Å². The maximum Gasteiger partial charge on any atom is 0.184 e. The van der Waals surface area contributed by atoms with Gasteiger partial charge in [-0.05, 0) is 24.6 Å². The molecule has 1 unspecified atom stereocenters. The lowest BCUT2D eigenvalue weighted by molar-refractivity contribution is 0.511. The van der Waals surface area contributed by atoms with Crippen molar-refractivity contribution in [2.75, 3.05) is 0 Å². The van der Waals surface area contributed by atoms with E-state index in [1.807, 2.05) is 30.3 Å². The van der Waals surface area contributed by atoms with Crippen LogP contribution in [0.15, 0.2) is 42.5 Å². The van der Waals surface area contributed by atoms with Crippen LogP contribution in [0.2, 0.25) is 0 Å². The Bertz CT molecular complexity index is 782. The molecule has 0 N–H and O–H groups in total. The fraction of sp³-hybridized carbons (Fsp3) is 0.188. The Morgan fingerprint density at radius 2 is 1.86 bits per heavy atom. The summed E-state index contributed by atoms with van der Waals surface area (Å²) in [6.45, 7) is 2.16. The minimum Gasteiger partial charge on any atom is -0.320 e. The lowest BCUT2D eigenvalue weighted by atomic mass is 10.2. The molecule has 0 aliphatic heterocycles. The predicted molar refractivity (Wildman–Crippen MR) is 79.5 cm³/mol. The SMILES string of the molecule is CC(Cl)c1nc2ccc(F)c(F)c2n1Cc1ccccc1. The van der Waals surface area contributed by atoms with E-state index in [1.165, 1.54) is 6.07 Å². The van der Waals surface area contributed by atoms with Crippen molar-refractivity contribution in [3.8, 4) is 0 Å². The number of halogens is 3. The first-order chi connectivity index (χ1) is 10.1. The topological polar surface area (TPSA) is 17.8 Å². The Hall–Kier alpha value is -1.94. The van der Waals surface area contributed by atoms with Crippen molar-refractivity contribution in [2.45, 2.75) is 18.8 Å². The summed E-state index contributed by atoms with van der Waals surface area (Å²) in [6.07, 6.45) is 0. The first-order valence-electron chi connectivity index (χ1n) is 6.60. The highest BCUT2D eigenvalue weighted by Crippen LogP contribution is 2.28. The minimum absolute atomic E-state index is 0.154. The van der Waals surface area contributed by atoms with E-state index < -0.39 is 17.0 Å². The van der Waals surface area contributed by atoms with Crippen LogP contribution in [0, 0.1) is 11.6 Å². The van der Waals surface area contributed by atoms with Crippen molar-refractivity contribution < 1.29 is 8.78 Å². The van der Waals surface area contributed by atoms with E-state index in [-0.39, 0.29) is 5.52 Å². The van der Waals surface area contributed by atoms with Crippen LogP contribution in [0.3, 0.4) is 0 Å². The molecule has 108 valence electrons. The molecule has 0 amide bonds. The van der Waals surface area contributed by atoms with Gasteiger partial charge in [-0.15, -0.1) is 11.6 Å². The quantitative estimate of drug-likeness (QED) is 0.643. The van der Waals surface area contributed by atoms with E-state index in [9.17, 15) is 8.78 Å². The smallest absolute Gasteiger partial charge is 0.184 e. The molecule has 0 fully saturated rings. The molecule has 5 heteroatoms. The highest BCUT2D eigenvalue weighted by Gasteiger charge is 2.20. The molecule has 0 aliphatic rings. The summed E-state index contributed by atoms with van der Waals surface area (Å²) in [5, 5.41) is -0.399. The summed E-state index contributed by atoms with van der Waals surface area (Å²) in [6, 6.07) is 12.1. The van der Waals surface area contributed by atoms with E-state index in [2.05, 4.69) is 4.98 Å². The first kappa shape index (κ1) is 14.0. The molecular weight excluding hydrogens is 294 g/mol. The molecule has 1 aromatic heterocycles. The Morgan fingerprint density at radius 1 is 1.14 bits per heavy atom. The normalized spacial score (nSPS) is 12.8. The summed E-state index contributed by atoms with van der Waals surface area (Å²) >= 11 is 6.14. The molecule has 1 atom stereocenters. The molecule has 0 saturated heterocycles. The van der Waals surface area contributed by atoms with Gasteiger partial charge in [0.25, 0.3) is 0 Å². The Labute approximate surface area is 126 Å². The van der Waals surface area contributed by atoms with Crippen LogP contribution in [-0.4, -0.2) is 9.55 Å². The van der Waals surface area contributed by atoms with Crippen LogP contribution in [0.5, 0.6) is 0 Å². The van der Waals surface area contributed by atoms with Crippen LogP contribution in [0.1, 0.15) is 23.7 Å². The summed E-state index contributed by atoms with van der Waals surface area (Å²) in [7, 11) is 0. The van der Waals surface area contributed by atoms with E-state index in [0.29, 0.717) is 17.9 Å². The van der Waals surface area contributed by atoms with E-state index >= 15 is 0 Å². The Kier molecular flexibility index (Phi) is 3.64. The van der Waals surface area contributed by atoms with Crippen molar-refractivity contribution in [1.82, 2.24) is 9.55 Å². The molecule has 2 nitrogen and oxygen atoms in total. The third-order valence-electron chi connectivity index (χ3n) is 3.37. The molecule has 0 radical (unpaired) electrons. The lowest BCUT2D eigenvalue weighted by Crippen LogP contribution is -2.07. The van der Waals surface area contributed by atoms with Gasteiger partial charge in [0.05, 0.1) is 10.9 Å². The predicted octanol–water partition coefficient (Wildman–Crippen LogP) is 4.66. The van der Waals surface area contributed by atoms with Gasteiger partial charge in [-0.25, -0.2) is 13.8 Å². The highest BCUT2D eigenvalue weighted by atomic mass is 35.5. The Balaban J connectivity index is 2.22. The number of alkyl halides is 1. The average Bonchev–Trinajstić information content (AvgIpc) is 2.84. The molecule has 2 aromatic carbocycles. The van der Waals surface area contributed by atoms with Crippen molar-refractivity contribution >= 4 is 22.6 Å². The van der Waals surface area contributed by atoms with Crippen LogP contribution >= 0.6 is 11.6 Å².